The van der Waals surface area contributed by atoms with E-state index in [2.05, 4.69) is 21.2 Å². The van der Waals surface area contributed by atoms with Crippen molar-refractivity contribution in [3.63, 3.8) is 0 Å². The number of methoxy groups -OCH3 is 1. The standard InChI is InChI=1S/C13H12BrN3O4/c1-16-11(5-6-12(16)17(19)20)13(18)15-10-7-8(21-2)3-4-9(10)14/h3-7H,1-2H3,(H,15,18). The number of anilines is 1. The molecule has 110 valence electrons. The summed E-state index contributed by atoms with van der Waals surface area (Å²) in [5.41, 5.74) is 0.708. The summed E-state index contributed by atoms with van der Waals surface area (Å²) in [4.78, 5) is 22.4. The molecule has 0 saturated carbocycles. The summed E-state index contributed by atoms with van der Waals surface area (Å²) >= 11 is 3.32. The largest absolute Gasteiger partial charge is 0.497 e. The highest BCUT2D eigenvalue weighted by Gasteiger charge is 2.21. The third-order valence-electron chi connectivity index (χ3n) is 2.94. The van der Waals surface area contributed by atoms with Gasteiger partial charge in [-0.25, -0.2) is 4.57 Å². The quantitative estimate of drug-likeness (QED) is 0.676. The van der Waals surface area contributed by atoms with E-state index in [1.54, 1.807) is 18.2 Å². The first kappa shape index (κ1) is 15.0. The molecule has 0 aliphatic rings. The second kappa shape index (κ2) is 5.96. The third-order valence-corrected chi connectivity index (χ3v) is 3.63. The smallest absolute Gasteiger partial charge is 0.323 e. The van der Waals surface area contributed by atoms with Crippen molar-refractivity contribution < 1.29 is 14.5 Å². The van der Waals surface area contributed by atoms with E-state index < -0.39 is 10.8 Å². The van der Waals surface area contributed by atoms with Gasteiger partial charge in [0.15, 0.2) is 5.69 Å². The Morgan fingerprint density at radius 2 is 2.10 bits per heavy atom. The van der Waals surface area contributed by atoms with Crippen molar-refractivity contribution in [2.75, 3.05) is 12.4 Å². The predicted molar refractivity (Wildman–Crippen MR) is 80.7 cm³/mol. The third kappa shape index (κ3) is 3.05. The zero-order chi connectivity index (χ0) is 15.6. The van der Waals surface area contributed by atoms with Crippen LogP contribution in [0.2, 0.25) is 0 Å². The van der Waals surface area contributed by atoms with E-state index in [0.29, 0.717) is 15.9 Å². The molecule has 21 heavy (non-hydrogen) atoms. The van der Waals surface area contributed by atoms with Gasteiger partial charge in [0.25, 0.3) is 5.91 Å². The van der Waals surface area contributed by atoms with Crippen LogP contribution >= 0.6 is 15.9 Å². The average molecular weight is 354 g/mol. The first-order valence-corrected chi connectivity index (χ1v) is 6.68. The molecular formula is C13H12BrN3O4. The number of hydrogen-bond acceptors (Lipinski definition) is 4. The molecule has 1 heterocycles. The van der Waals surface area contributed by atoms with E-state index in [1.165, 1.54) is 30.9 Å². The molecule has 0 atom stereocenters. The molecule has 0 radical (unpaired) electrons. The number of ether oxygens (including phenoxy) is 1. The number of amides is 1. The normalized spacial score (nSPS) is 10.2. The fourth-order valence-electron chi connectivity index (χ4n) is 1.83. The number of carbonyl (C=O) groups excluding carboxylic acids is 1. The summed E-state index contributed by atoms with van der Waals surface area (Å²) in [6.45, 7) is 0. The van der Waals surface area contributed by atoms with Crippen molar-refractivity contribution in [3.8, 4) is 5.75 Å². The van der Waals surface area contributed by atoms with E-state index in [9.17, 15) is 14.9 Å². The molecule has 0 spiro atoms. The minimum absolute atomic E-state index is 0.148. The first-order chi connectivity index (χ1) is 9.93. The van der Waals surface area contributed by atoms with Crippen molar-refractivity contribution in [3.05, 3.63) is 50.6 Å². The maximum Gasteiger partial charge on any atom is 0.323 e. The van der Waals surface area contributed by atoms with Gasteiger partial charge in [0.05, 0.1) is 19.8 Å². The van der Waals surface area contributed by atoms with Crippen LogP contribution in [0.25, 0.3) is 0 Å². The van der Waals surface area contributed by atoms with Gasteiger partial charge in [-0.05, 0) is 39.1 Å². The molecule has 0 unspecified atom stereocenters. The number of carbonyl (C=O) groups is 1. The predicted octanol–water partition coefficient (Wildman–Crippen LogP) is 2.96. The number of rotatable bonds is 4. The highest BCUT2D eigenvalue weighted by molar-refractivity contribution is 9.10. The fourth-order valence-corrected chi connectivity index (χ4v) is 2.17. The highest BCUT2D eigenvalue weighted by Crippen LogP contribution is 2.28. The van der Waals surface area contributed by atoms with E-state index in [0.717, 1.165) is 0 Å². The van der Waals surface area contributed by atoms with E-state index >= 15 is 0 Å². The lowest BCUT2D eigenvalue weighted by Gasteiger charge is -2.08. The van der Waals surface area contributed by atoms with Gasteiger partial charge >= 0.3 is 5.82 Å². The van der Waals surface area contributed by atoms with Crippen molar-refractivity contribution in [2.24, 2.45) is 7.05 Å². The number of benzene rings is 1. The zero-order valence-corrected chi connectivity index (χ0v) is 12.9. The van der Waals surface area contributed by atoms with E-state index in [1.807, 2.05) is 0 Å². The average Bonchev–Trinajstić information content (AvgIpc) is 2.83. The van der Waals surface area contributed by atoms with Crippen LogP contribution in [0.4, 0.5) is 11.5 Å². The van der Waals surface area contributed by atoms with Gasteiger partial charge in [0.1, 0.15) is 5.75 Å². The van der Waals surface area contributed by atoms with Crippen LogP contribution in [0.3, 0.4) is 0 Å². The first-order valence-electron chi connectivity index (χ1n) is 5.89. The highest BCUT2D eigenvalue weighted by atomic mass is 79.9. The van der Waals surface area contributed by atoms with Gasteiger partial charge in [-0.15, -0.1) is 0 Å². The van der Waals surface area contributed by atoms with Gasteiger partial charge in [-0.2, -0.15) is 0 Å². The van der Waals surface area contributed by atoms with Crippen LogP contribution in [0.5, 0.6) is 5.75 Å². The SMILES string of the molecule is COc1ccc(Br)c(NC(=O)c2ccc([N+](=O)[O-])n2C)c1. The molecule has 1 amide bonds. The molecule has 1 aromatic heterocycles. The summed E-state index contributed by atoms with van der Waals surface area (Å²) in [6, 6.07) is 7.82. The monoisotopic (exact) mass is 353 g/mol. The molecule has 0 aliphatic carbocycles. The van der Waals surface area contributed by atoms with Crippen molar-refractivity contribution >= 4 is 33.3 Å². The Hall–Kier alpha value is -2.35. The van der Waals surface area contributed by atoms with Crippen LogP contribution in [-0.4, -0.2) is 22.5 Å². The number of hydrogen-bond donors (Lipinski definition) is 1. The molecule has 2 rings (SSSR count). The van der Waals surface area contributed by atoms with Gasteiger partial charge < -0.3 is 20.2 Å². The molecular weight excluding hydrogens is 342 g/mol. The molecule has 1 N–H and O–H groups in total. The Labute approximate surface area is 128 Å². The summed E-state index contributed by atoms with van der Waals surface area (Å²) in [5.74, 6) is -0.00391. The Balaban J connectivity index is 2.28. The van der Waals surface area contributed by atoms with Gasteiger partial charge in [-0.1, -0.05) is 0 Å². The second-order valence-corrected chi connectivity index (χ2v) is 5.05. The number of halogens is 1. The summed E-state index contributed by atoms with van der Waals surface area (Å²) in [7, 11) is 2.99. The minimum Gasteiger partial charge on any atom is -0.497 e. The molecule has 0 saturated heterocycles. The van der Waals surface area contributed by atoms with Gasteiger partial charge in [0, 0.05) is 16.6 Å². The lowest BCUT2D eigenvalue weighted by atomic mass is 10.3. The lowest BCUT2D eigenvalue weighted by molar-refractivity contribution is -0.391. The van der Waals surface area contributed by atoms with Gasteiger partial charge in [-0.3, -0.25) is 4.79 Å². The lowest BCUT2D eigenvalue weighted by Crippen LogP contribution is -2.16. The zero-order valence-electron chi connectivity index (χ0n) is 11.3. The molecule has 0 fully saturated rings. The molecule has 7 nitrogen and oxygen atoms in total. The van der Waals surface area contributed by atoms with Crippen molar-refractivity contribution in [1.29, 1.82) is 0 Å². The molecule has 1 aromatic carbocycles. The molecule has 0 aliphatic heterocycles. The Morgan fingerprint density at radius 1 is 1.38 bits per heavy atom. The number of aromatic nitrogens is 1. The number of nitrogens with zero attached hydrogens (tertiary/aromatic N) is 2. The number of nitrogens with one attached hydrogen (secondary N) is 1. The Kier molecular flexibility index (Phi) is 4.27. The maximum absolute atomic E-state index is 12.2. The Bertz CT molecular complexity index is 711. The topological polar surface area (TPSA) is 86.4 Å². The van der Waals surface area contributed by atoms with E-state index in [4.69, 9.17) is 4.74 Å². The Morgan fingerprint density at radius 3 is 2.67 bits per heavy atom. The maximum atomic E-state index is 12.2. The molecule has 0 bridgehead atoms. The summed E-state index contributed by atoms with van der Waals surface area (Å²) in [6.07, 6.45) is 0. The fraction of sp³-hybridized carbons (Fsp3) is 0.154. The van der Waals surface area contributed by atoms with Crippen LogP contribution in [0.1, 0.15) is 10.5 Å². The van der Waals surface area contributed by atoms with Crippen LogP contribution < -0.4 is 10.1 Å². The van der Waals surface area contributed by atoms with Crippen LogP contribution in [0.15, 0.2) is 34.8 Å². The molecule has 2 aromatic rings. The van der Waals surface area contributed by atoms with Gasteiger partial charge in [0.2, 0.25) is 0 Å². The van der Waals surface area contributed by atoms with Crippen LogP contribution in [-0.2, 0) is 7.05 Å². The van der Waals surface area contributed by atoms with Crippen molar-refractivity contribution in [1.82, 2.24) is 4.57 Å². The summed E-state index contributed by atoms with van der Waals surface area (Å²) in [5, 5.41) is 13.5. The second-order valence-electron chi connectivity index (χ2n) is 4.19. The van der Waals surface area contributed by atoms with Crippen LogP contribution in [0, 0.1) is 10.1 Å². The minimum atomic E-state index is -0.543. The van der Waals surface area contributed by atoms with Crippen molar-refractivity contribution in [2.45, 2.75) is 0 Å². The molecule has 8 heteroatoms. The van der Waals surface area contributed by atoms with E-state index in [-0.39, 0.29) is 11.5 Å². The number of nitro groups is 1. The summed E-state index contributed by atoms with van der Waals surface area (Å²) < 4.78 is 7.00.